The summed E-state index contributed by atoms with van der Waals surface area (Å²) in [6.07, 6.45) is 3.27. The van der Waals surface area contributed by atoms with Crippen LogP contribution in [0.4, 0.5) is 0 Å². The molecule has 2 nitrogen and oxygen atoms in total. The zero-order chi connectivity index (χ0) is 7.40. The SMILES string of the molecule is C/C(C#N)=C/c1ccco1. The van der Waals surface area contributed by atoms with Crippen molar-refractivity contribution in [2.75, 3.05) is 0 Å². The van der Waals surface area contributed by atoms with Crippen LogP contribution in [0, 0.1) is 11.3 Å². The molecule has 0 aliphatic carbocycles. The fourth-order valence-electron chi connectivity index (χ4n) is 0.619. The van der Waals surface area contributed by atoms with Crippen LogP contribution < -0.4 is 0 Å². The molecular weight excluding hydrogens is 126 g/mol. The molecule has 0 saturated heterocycles. The van der Waals surface area contributed by atoms with E-state index in [0.29, 0.717) is 5.57 Å². The molecule has 50 valence electrons. The Morgan fingerprint density at radius 1 is 1.80 bits per heavy atom. The first-order chi connectivity index (χ1) is 4.83. The Morgan fingerprint density at radius 2 is 2.60 bits per heavy atom. The highest BCUT2D eigenvalue weighted by atomic mass is 16.3. The predicted octanol–water partition coefficient (Wildman–Crippen LogP) is 2.21. The number of hydrogen-bond acceptors (Lipinski definition) is 2. The van der Waals surface area contributed by atoms with Gasteiger partial charge < -0.3 is 4.42 Å². The van der Waals surface area contributed by atoms with Crippen molar-refractivity contribution in [1.29, 1.82) is 5.26 Å². The number of furan rings is 1. The van der Waals surface area contributed by atoms with Crippen molar-refractivity contribution < 1.29 is 4.42 Å². The summed E-state index contributed by atoms with van der Waals surface area (Å²) in [5, 5.41) is 8.37. The molecule has 0 aromatic carbocycles. The summed E-state index contributed by atoms with van der Waals surface area (Å²) in [7, 11) is 0. The Labute approximate surface area is 59.4 Å². The van der Waals surface area contributed by atoms with E-state index in [1.165, 1.54) is 0 Å². The van der Waals surface area contributed by atoms with Crippen LogP contribution in [0.5, 0.6) is 0 Å². The third-order valence-corrected chi connectivity index (χ3v) is 1.08. The van der Waals surface area contributed by atoms with Crippen LogP contribution in [0.25, 0.3) is 6.08 Å². The molecule has 2 heteroatoms. The van der Waals surface area contributed by atoms with Gasteiger partial charge in [-0.15, -0.1) is 0 Å². The molecular formula is C8H7NO. The molecule has 0 aliphatic rings. The van der Waals surface area contributed by atoms with Gasteiger partial charge in [0, 0.05) is 5.57 Å². The average Bonchev–Trinajstić information content (AvgIpc) is 2.40. The summed E-state index contributed by atoms with van der Waals surface area (Å²) in [4.78, 5) is 0. The molecule has 0 unspecified atom stereocenters. The van der Waals surface area contributed by atoms with E-state index in [2.05, 4.69) is 0 Å². The molecule has 0 spiro atoms. The molecule has 10 heavy (non-hydrogen) atoms. The number of nitrogens with zero attached hydrogens (tertiary/aromatic N) is 1. The quantitative estimate of drug-likeness (QED) is 0.550. The smallest absolute Gasteiger partial charge is 0.127 e. The van der Waals surface area contributed by atoms with Crippen molar-refractivity contribution in [3.8, 4) is 6.07 Å². The van der Waals surface area contributed by atoms with Gasteiger partial charge in [-0.1, -0.05) is 0 Å². The second-order valence-corrected chi connectivity index (χ2v) is 1.95. The van der Waals surface area contributed by atoms with Gasteiger partial charge in [-0.25, -0.2) is 0 Å². The Morgan fingerprint density at radius 3 is 3.10 bits per heavy atom. The largest absolute Gasteiger partial charge is 0.465 e. The first-order valence-electron chi connectivity index (χ1n) is 2.95. The number of nitriles is 1. The highest BCUT2D eigenvalue weighted by molar-refractivity contribution is 5.51. The van der Waals surface area contributed by atoms with Crippen molar-refractivity contribution in [3.05, 3.63) is 29.7 Å². The first-order valence-corrected chi connectivity index (χ1v) is 2.95. The fraction of sp³-hybridized carbons (Fsp3) is 0.125. The Kier molecular flexibility index (Phi) is 1.91. The molecule has 1 heterocycles. The molecule has 0 saturated carbocycles. The van der Waals surface area contributed by atoms with Gasteiger partial charge in [0.25, 0.3) is 0 Å². The van der Waals surface area contributed by atoms with Crippen LogP contribution >= 0.6 is 0 Å². The summed E-state index contributed by atoms with van der Waals surface area (Å²) in [6, 6.07) is 5.60. The van der Waals surface area contributed by atoms with Gasteiger partial charge in [-0.3, -0.25) is 0 Å². The van der Waals surface area contributed by atoms with Crippen molar-refractivity contribution in [3.63, 3.8) is 0 Å². The van der Waals surface area contributed by atoms with Gasteiger partial charge in [-0.05, 0) is 25.1 Å². The van der Waals surface area contributed by atoms with Crippen molar-refractivity contribution >= 4 is 6.08 Å². The molecule has 0 bridgehead atoms. The van der Waals surface area contributed by atoms with E-state index in [4.69, 9.17) is 9.68 Å². The zero-order valence-corrected chi connectivity index (χ0v) is 5.66. The van der Waals surface area contributed by atoms with Crippen LogP contribution in [0.1, 0.15) is 12.7 Å². The lowest BCUT2D eigenvalue weighted by atomic mass is 10.3. The maximum Gasteiger partial charge on any atom is 0.127 e. The van der Waals surface area contributed by atoms with Crippen LogP contribution in [-0.2, 0) is 0 Å². The first kappa shape index (κ1) is 6.63. The summed E-state index contributed by atoms with van der Waals surface area (Å²) in [5.41, 5.74) is 0.648. The van der Waals surface area contributed by atoms with E-state index in [1.807, 2.05) is 6.07 Å². The molecule has 0 fully saturated rings. The Hall–Kier alpha value is -1.49. The summed E-state index contributed by atoms with van der Waals surface area (Å²) in [6.45, 7) is 1.74. The van der Waals surface area contributed by atoms with Crippen LogP contribution in [0.2, 0.25) is 0 Å². The van der Waals surface area contributed by atoms with E-state index in [9.17, 15) is 0 Å². The predicted molar refractivity (Wildman–Crippen MR) is 38.0 cm³/mol. The monoisotopic (exact) mass is 133 g/mol. The molecule has 1 aromatic heterocycles. The van der Waals surface area contributed by atoms with Gasteiger partial charge in [0.2, 0.25) is 0 Å². The molecule has 0 radical (unpaired) electrons. The molecule has 1 aromatic rings. The average molecular weight is 133 g/mol. The Bertz CT molecular complexity index is 264. The Balaban J connectivity index is 2.83. The fourth-order valence-corrected chi connectivity index (χ4v) is 0.619. The molecule has 0 N–H and O–H groups in total. The van der Waals surface area contributed by atoms with E-state index in [-0.39, 0.29) is 0 Å². The highest BCUT2D eigenvalue weighted by Gasteiger charge is 1.89. The van der Waals surface area contributed by atoms with Gasteiger partial charge in [0.05, 0.1) is 12.3 Å². The van der Waals surface area contributed by atoms with Crippen molar-refractivity contribution in [2.24, 2.45) is 0 Å². The molecule has 0 atom stereocenters. The maximum atomic E-state index is 8.37. The van der Waals surface area contributed by atoms with Crippen LogP contribution in [-0.4, -0.2) is 0 Å². The molecule has 0 aliphatic heterocycles. The summed E-state index contributed by atoms with van der Waals surface area (Å²) in [5.74, 6) is 0.721. The minimum Gasteiger partial charge on any atom is -0.465 e. The second kappa shape index (κ2) is 2.88. The van der Waals surface area contributed by atoms with Crippen LogP contribution in [0.15, 0.2) is 28.4 Å². The minimum absolute atomic E-state index is 0.648. The lowest BCUT2D eigenvalue weighted by Crippen LogP contribution is -1.66. The van der Waals surface area contributed by atoms with Crippen molar-refractivity contribution in [1.82, 2.24) is 0 Å². The lowest BCUT2D eigenvalue weighted by molar-refractivity contribution is 0.557. The van der Waals surface area contributed by atoms with Gasteiger partial charge in [-0.2, -0.15) is 5.26 Å². The second-order valence-electron chi connectivity index (χ2n) is 1.95. The van der Waals surface area contributed by atoms with E-state index in [1.54, 1.807) is 31.4 Å². The van der Waals surface area contributed by atoms with Crippen molar-refractivity contribution in [2.45, 2.75) is 6.92 Å². The summed E-state index contributed by atoms with van der Waals surface area (Å²) < 4.78 is 4.98. The van der Waals surface area contributed by atoms with Gasteiger partial charge in [0.15, 0.2) is 0 Å². The lowest BCUT2D eigenvalue weighted by Gasteiger charge is -1.82. The van der Waals surface area contributed by atoms with E-state index < -0.39 is 0 Å². The molecule has 0 amide bonds. The van der Waals surface area contributed by atoms with Crippen LogP contribution in [0.3, 0.4) is 0 Å². The van der Waals surface area contributed by atoms with E-state index in [0.717, 1.165) is 5.76 Å². The third-order valence-electron chi connectivity index (χ3n) is 1.08. The van der Waals surface area contributed by atoms with E-state index >= 15 is 0 Å². The standard InChI is InChI=1S/C8H7NO/c1-7(6-9)5-8-3-2-4-10-8/h2-5H,1H3/b7-5-. The number of rotatable bonds is 1. The molecule has 1 rings (SSSR count). The summed E-state index contributed by atoms with van der Waals surface area (Å²) >= 11 is 0. The maximum absolute atomic E-state index is 8.37. The number of allylic oxidation sites excluding steroid dienone is 1. The normalized spacial score (nSPS) is 11.0. The topological polar surface area (TPSA) is 36.9 Å². The highest BCUT2D eigenvalue weighted by Crippen LogP contribution is 2.05. The minimum atomic E-state index is 0.648. The number of hydrogen-bond donors (Lipinski definition) is 0. The third kappa shape index (κ3) is 1.49. The zero-order valence-electron chi connectivity index (χ0n) is 5.66. The van der Waals surface area contributed by atoms with Gasteiger partial charge in [0.1, 0.15) is 5.76 Å². The van der Waals surface area contributed by atoms with Gasteiger partial charge >= 0.3 is 0 Å².